The molecule has 0 aliphatic carbocycles. The highest BCUT2D eigenvalue weighted by Gasteiger charge is 2.15. The molecule has 5 nitrogen and oxygen atoms in total. The lowest BCUT2D eigenvalue weighted by Crippen LogP contribution is -2.35. The summed E-state index contributed by atoms with van der Waals surface area (Å²) in [5.74, 6) is -1.39. The molecule has 1 amide bonds. The summed E-state index contributed by atoms with van der Waals surface area (Å²) < 4.78 is 0. The van der Waals surface area contributed by atoms with E-state index in [4.69, 9.17) is 10.8 Å². The molecule has 0 bridgehead atoms. The number of carbonyl (C=O) groups excluding carboxylic acids is 1. The van der Waals surface area contributed by atoms with Gasteiger partial charge in [0.15, 0.2) is 0 Å². The Morgan fingerprint density at radius 2 is 1.94 bits per heavy atom. The van der Waals surface area contributed by atoms with Gasteiger partial charge in [-0.05, 0) is 31.2 Å². The third-order valence-corrected chi connectivity index (χ3v) is 2.32. The molecule has 1 unspecified atom stereocenters. The molecule has 1 atom stereocenters. The third kappa shape index (κ3) is 3.06. The van der Waals surface area contributed by atoms with Gasteiger partial charge in [0, 0.05) is 5.56 Å². The van der Waals surface area contributed by atoms with E-state index in [0.717, 1.165) is 5.56 Å². The lowest BCUT2D eigenvalue weighted by molar-refractivity contribution is -0.139. The normalized spacial score (nSPS) is 12.1. The minimum absolute atomic E-state index is 0.366. The summed E-state index contributed by atoms with van der Waals surface area (Å²) in [5, 5.41) is 11.5. The van der Waals surface area contributed by atoms with Gasteiger partial charge in [0.25, 0.3) is 0 Å². The molecular formula is C11H14N2O3. The topological polar surface area (TPSA) is 92.4 Å². The number of hydrogen-bond acceptors (Lipinski definition) is 3. The van der Waals surface area contributed by atoms with Crippen LogP contribution in [0.4, 0.5) is 0 Å². The highest BCUT2D eigenvalue weighted by atomic mass is 16.4. The SMILES string of the molecule is CNC(Cc1ccc(C(N)=O)cc1)C(=O)O. The number of carboxylic acid groups (broad SMARTS) is 1. The molecule has 16 heavy (non-hydrogen) atoms. The average molecular weight is 222 g/mol. The molecule has 0 spiro atoms. The molecule has 0 aliphatic rings. The summed E-state index contributed by atoms with van der Waals surface area (Å²) in [6.45, 7) is 0. The number of primary amides is 1. The molecule has 1 aromatic carbocycles. The fraction of sp³-hybridized carbons (Fsp3) is 0.273. The Hall–Kier alpha value is -1.88. The first kappa shape index (κ1) is 12.2. The summed E-state index contributed by atoms with van der Waals surface area (Å²) in [5.41, 5.74) is 6.35. The van der Waals surface area contributed by atoms with E-state index in [1.54, 1.807) is 31.3 Å². The van der Waals surface area contributed by atoms with Crippen LogP contribution in [0.3, 0.4) is 0 Å². The van der Waals surface area contributed by atoms with Crippen molar-refractivity contribution in [3.63, 3.8) is 0 Å². The number of amides is 1. The van der Waals surface area contributed by atoms with Crippen LogP contribution in [-0.4, -0.2) is 30.1 Å². The van der Waals surface area contributed by atoms with Crippen LogP contribution in [0.15, 0.2) is 24.3 Å². The van der Waals surface area contributed by atoms with Crippen LogP contribution in [0, 0.1) is 0 Å². The number of hydrogen-bond donors (Lipinski definition) is 3. The lowest BCUT2D eigenvalue weighted by Gasteiger charge is -2.10. The predicted molar refractivity (Wildman–Crippen MR) is 59.1 cm³/mol. The van der Waals surface area contributed by atoms with Crippen molar-refractivity contribution in [1.29, 1.82) is 0 Å². The molecule has 86 valence electrons. The van der Waals surface area contributed by atoms with Crippen LogP contribution >= 0.6 is 0 Å². The van der Waals surface area contributed by atoms with E-state index >= 15 is 0 Å². The van der Waals surface area contributed by atoms with E-state index in [0.29, 0.717) is 12.0 Å². The number of nitrogens with two attached hydrogens (primary N) is 1. The largest absolute Gasteiger partial charge is 0.480 e. The van der Waals surface area contributed by atoms with Crippen molar-refractivity contribution in [3.8, 4) is 0 Å². The van der Waals surface area contributed by atoms with E-state index in [1.165, 1.54) is 0 Å². The Balaban J connectivity index is 2.75. The smallest absolute Gasteiger partial charge is 0.321 e. The van der Waals surface area contributed by atoms with E-state index < -0.39 is 17.9 Å². The fourth-order valence-corrected chi connectivity index (χ4v) is 1.35. The minimum Gasteiger partial charge on any atom is -0.480 e. The van der Waals surface area contributed by atoms with Gasteiger partial charge in [0.05, 0.1) is 0 Å². The first-order chi connectivity index (χ1) is 7.54. The van der Waals surface area contributed by atoms with Gasteiger partial charge < -0.3 is 16.2 Å². The summed E-state index contributed by atoms with van der Waals surface area (Å²) in [4.78, 5) is 21.6. The number of nitrogens with one attached hydrogen (secondary N) is 1. The molecule has 0 saturated carbocycles. The highest BCUT2D eigenvalue weighted by molar-refractivity contribution is 5.92. The van der Waals surface area contributed by atoms with Crippen molar-refractivity contribution in [1.82, 2.24) is 5.32 Å². The first-order valence-corrected chi connectivity index (χ1v) is 4.83. The molecule has 1 rings (SSSR count). The highest BCUT2D eigenvalue weighted by Crippen LogP contribution is 2.06. The second-order valence-corrected chi connectivity index (χ2v) is 3.44. The second kappa shape index (κ2) is 5.27. The fourth-order valence-electron chi connectivity index (χ4n) is 1.35. The lowest BCUT2D eigenvalue weighted by atomic mass is 10.0. The molecule has 0 aliphatic heterocycles. The molecule has 0 aromatic heterocycles. The van der Waals surface area contributed by atoms with Crippen molar-refractivity contribution in [3.05, 3.63) is 35.4 Å². The number of carboxylic acids is 1. The Kier molecular flexibility index (Phi) is 4.02. The number of benzene rings is 1. The predicted octanol–water partition coefficient (Wildman–Crippen LogP) is 0.000600. The van der Waals surface area contributed by atoms with Gasteiger partial charge in [-0.15, -0.1) is 0 Å². The third-order valence-electron chi connectivity index (χ3n) is 2.32. The molecule has 0 fully saturated rings. The Morgan fingerprint density at radius 1 is 1.38 bits per heavy atom. The van der Waals surface area contributed by atoms with Gasteiger partial charge in [-0.1, -0.05) is 12.1 Å². The zero-order valence-electron chi connectivity index (χ0n) is 8.93. The number of carbonyl (C=O) groups is 2. The number of rotatable bonds is 5. The van der Waals surface area contributed by atoms with E-state index in [-0.39, 0.29) is 0 Å². The van der Waals surface area contributed by atoms with Gasteiger partial charge in [-0.2, -0.15) is 0 Å². The quantitative estimate of drug-likeness (QED) is 0.653. The standard InChI is InChI=1S/C11H14N2O3/c1-13-9(11(15)16)6-7-2-4-8(5-3-7)10(12)14/h2-5,9,13H,6H2,1H3,(H2,12,14)(H,15,16). The maximum atomic E-state index is 10.8. The Labute approximate surface area is 93.3 Å². The zero-order valence-corrected chi connectivity index (χ0v) is 8.93. The number of likely N-dealkylation sites (N-methyl/N-ethyl adjacent to an activating group) is 1. The van der Waals surface area contributed by atoms with Crippen molar-refractivity contribution in [2.75, 3.05) is 7.05 Å². The molecular weight excluding hydrogens is 208 g/mol. The van der Waals surface area contributed by atoms with Crippen molar-refractivity contribution >= 4 is 11.9 Å². The summed E-state index contributed by atoms with van der Waals surface area (Å²) in [7, 11) is 1.59. The average Bonchev–Trinajstić information content (AvgIpc) is 2.26. The van der Waals surface area contributed by atoms with Crippen LogP contribution in [0.5, 0.6) is 0 Å². The van der Waals surface area contributed by atoms with Crippen LogP contribution in [-0.2, 0) is 11.2 Å². The maximum Gasteiger partial charge on any atom is 0.321 e. The summed E-state index contributed by atoms with van der Waals surface area (Å²) >= 11 is 0. The van der Waals surface area contributed by atoms with Gasteiger partial charge in [0.2, 0.25) is 5.91 Å². The molecule has 0 radical (unpaired) electrons. The maximum absolute atomic E-state index is 10.8. The van der Waals surface area contributed by atoms with Crippen molar-refractivity contribution < 1.29 is 14.7 Å². The van der Waals surface area contributed by atoms with E-state index in [1.807, 2.05) is 0 Å². The Bertz CT molecular complexity index is 387. The van der Waals surface area contributed by atoms with Crippen LogP contribution in [0.1, 0.15) is 15.9 Å². The van der Waals surface area contributed by atoms with Crippen molar-refractivity contribution in [2.45, 2.75) is 12.5 Å². The van der Waals surface area contributed by atoms with Crippen LogP contribution in [0.2, 0.25) is 0 Å². The first-order valence-electron chi connectivity index (χ1n) is 4.83. The Morgan fingerprint density at radius 3 is 2.31 bits per heavy atom. The van der Waals surface area contributed by atoms with E-state index in [9.17, 15) is 9.59 Å². The summed E-state index contributed by atoms with van der Waals surface area (Å²) in [6.07, 6.45) is 0.366. The summed E-state index contributed by atoms with van der Waals surface area (Å²) in [6, 6.07) is 5.96. The monoisotopic (exact) mass is 222 g/mol. The molecule has 5 heteroatoms. The molecule has 0 saturated heterocycles. The van der Waals surface area contributed by atoms with Gasteiger partial charge in [0.1, 0.15) is 6.04 Å². The van der Waals surface area contributed by atoms with Gasteiger partial charge in [-0.3, -0.25) is 9.59 Å². The minimum atomic E-state index is -0.901. The van der Waals surface area contributed by atoms with Crippen molar-refractivity contribution in [2.24, 2.45) is 5.73 Å². The molecule has 1 aromatic rings. The van der Waals surface area contributed by atoms with Gasteiger partial charge >= 0.3 is 5.97 Å². The van der Waals surface area contributed by atoms with Crippen LogP contribution in [0.25, 0.3) is 0 Å². The van der Waals surface area contributed by atoms with Gasteiger partial charge in [-0.25, -0.2) is 0 Å². The molecule has 4 N–H and O–H groups in total. The van der Waals surface area contributed by atoms with Crippen LogP contribution < -0.4 is 11.1 Å². The van der Waals surface area contributed by atoms with E-state index in [2.05, 4.69) is 5.32 Å². The number of aliphatic carboxylic acids is 1. The zero-order chi connectivity index (χ0) is 12.1. The molecule has 0 heterocycles. The second-order valence-electron chi connectivity index (χ2n) is 3.44.